The summed E-state index contributed by atoms with van der Waals surface area (Å²) in [5.41, 5.74) is -0.179. The maximum absolute atomic E-state index is 10.4. The molecule has 1 N–H and O–H groups in total. The Hall–Kier alpha value is -0.340. The van der Waals surface area contributed by atoms with Gasteiger partial charge in [-0.25, -0.2) is 0 Å². The van der Waals surface area contributed by atoms with Gasteiger partial charge in [-0.1, -0.05) is 39.3 Å². The zero-order valence-corrected chi connectivity index (χ0v) is 11.7. The van der Waals surface area contributed by atoms with Gasteiger partial charge >= 0.3 is 0 Å². The van der Waals surface area contributed by atoms with Crippen LogP contribution < -0.4 is 0 Å². The molecule has 1 aliphatic carbocycles. The summed E-state index contributed by atoms with van der Waals surface area (Å²) in [5.74, 6) is 0. The van der Waals surface area contributed by atoms with Gasteiger partial charge in [0.25, 0.3) is 0 Å². The van der Waals surface area contributed by atoms with Crippen molar-refractivity contribution in [3.8, 4) is 0 Å². The van der Waals surface area contributed by atoms with E-state index < -0.39 is 5.60 Å². The summed E-state index contributed by atoms with van der Waals surface area (Å²) in [7, 11) is 0. The minimum Gasteiger partial charge on any atom is -0.386 e. The molecular formula is C15H28O2. The highest BCUT2D eigenvalue weighted by Crippen LogP contribution is 2.40. The first-order valence-corrected chi connectivity index (χ1v) is 6.95. The molecule has 1 saturated carbocycles. The Kier molecular flexibility index (Phi) is 5.68. The highest BCUT2D eigenvalue weighted by molar-refractivity contribution is 5.04. The zero-order valence-electron chi connectivity index (χ0n) is 11.7. The topological polar surface area (TPSA) is 29.5 Å². The van der Waals surface area contributed by atoms with Gasteiger partial charge in [-0.15, -0.1) is 0 Å². The maximum Gasteiger partial charge on any atom is 0.0828 e. The highest BCUT2D eigenvalue weighted by atomic mass is 16.5. The Morgan fingerprint density at radius 2 is 1.82 bits per heavy atom. The minimum atomic E-state index is -0.580. The molecule has 0 aliphatic heterocycles. The van der Waals surface area contributed by atoms with Crippen LogP contribution in [0.1, 0.15) is 59.3 Å². The summed E-state index contributed by atoms with van der Waals surface area (Å²) in [4.78, 5) is 0. The lowest BCUT2D eigenvalue weighted by Gasteiger charge is -2.38. The van der Waals surface area contributed by atoms with E-state index in [1.54, 1.807) is 0 Å². The Balaban J connectivity index is 2.23. The van der Waals surface area contributed by atoms with E-state index >= 15 is 0 Å². The molecule has 0 amide bonds. The molecule has 0 spiro atoms. The van der Waals surface area contributed by atoms with Gasteiger partial charge in [0.15, 0.2) is 0 Å². The fourth-order valence-electron chi connectivity index (χ4n) is 2.19. The molecule has 2 nitrogen and oxygen atoms in total. The highest BCUT2D eigenvalue weighted by Gasteiger charge is 2.34. The third-order valence-corrected chi connectivity index (χ3v) is 3.75. The normalized spacial score (nSPS) is 23.1. The molecule has 2 heteroatoms. The van der Waals surface area contributed by atoms with Crippen molar-refractivity contribution in [1.82, 2.24) is 0 Å². The average Bonchev–Trinajstić information content (AvgIpc) is 2.28. The van der Waals surface area contributed by atoms with Gasteiger partial charge < -0.3 is 9.84 Å². The van der Waals surface area contributed by atoms with Crippen LogP contribution in [0.3, 0.4) is 0 Å². The molecular weight excluding hydrogens is 212 g/mol. The van der Waals surface area contributed by atoms with E-state index in [2.05, 4.69) is 20.8 Å². The van der Waals surface area contributed by atoms with Crippen LogP contribution in [0.15, 0.2) is 12.2 Å². The SMILES string of the molecule is CCCCOC/C=C/C1(O)CCC(C)(C)CC1. The fraction of sp³-hybridized carbons (Fsp3) is 0.867. The van der Waals surface area contributed by atoms with Crippen molar-refractivity contribution in [2.24, 2.45) is 5.41 Å². The molecule has 1 fully saturated rings. The molecule has 0 radical (unpaired) electrons. The largest absolute Gasteiger partial charge is 0.386 e. The second kappa shape index (κ2) is 6.55. The lowest BCUT2D eigenvalue weighted by atomic mass is 9.71. The Morgan fingerprint density at radius 3 is 2.41 bits per heavy atom. The monoisotopic (exact) mass is 240 g/mol. The van der Waals surface area contributed by atoms with Crippen molar-refractivity contribution < 1.29 is 9.84 Å². The zero-order chi connectivity index (χ0) is 12.8. The third kappa shape index (κ3) is 5.69. The number of unbranched alkanes of at least 4 members (excludes halogenated alkanes) is 1. The number of hydrogen-bond donors (Lipinski definition) is 1. The standard InChI is InChI=1S/C15H28O2/c1-4-5-12-17-13-6-7-15(16)10-8-14(2,3)9-11-15/h6-7,16H,4-5,8-13H2,1-3H3/b7-6+. The van der Waals surface area contributed by atoms with E-state index in [9.17, 15) is 5.11 Å². The Bertz CT molecular complexity index is 233. The maximum atomic E-state index is 10.4. The van der Waals surface area contributed by atoms with Crippen molar-refractivity contribution in [3.63, 3.8) is 0 Å². The number of aliphatic hydroxyl groups is 1. The molecule has 0 aromatic carbocycles. The summed E-state index contributed by atoms with van der Waals surface area (Å²) in [6.07, 6.45) is 10.2. The second-order valence-corrected chi connectivity index (χ2v) is 6.10. The van der Waals surface area contributed by atoms with Crippen LogP contribution in [0, 0.1) is 5.41 Å². The predicted octanol–water partition coefficient (Wildman–Crippen LogP) is 3.69. The molecule has 0 aromatic rings. The van der Waals surface area contributed by atoms with E-state index in [0.717, 1.165) is 38.7 Å². The first kappa shape index (κ1) is 14.7. The van der Waals surface area contributed by atoms with Gasteiger partial charge in [0.2, 0.25) is 0 Å². The lowest BCUT2D eigenvalue weighted by Crippen LogP contribution is -2.35. The molecule has 17 heavy (non-hydrogen) atoms. The van der Waals surface area contributed by atoms with E-state index in [-0.39, 0.29) is 0 Å². The van der Waals surface area contributed by atoms with E-state index in [1.807, 2.05) is 12.2 Å². The molecule has 1 aliphatic rings. The van der Waals surface area contributed by atoms with Crippen molar-refractivity contribution in [1.29, 1.82) is 0 Å². The van der Waals surface area contributed by atoms with Gasteiger partial charge in [-0.2, -0.15) is 0 Å². The van der Waals surface area contributed by atoms with Crippen LogP contribution in [0.25, 0.3) is 0 Å². The van der Waals surface area contributed by atoms with Crippen LogP contribution in [0.2, 0.25) is 0 Å². The number of hydrogen-bond acceptors (Lipinski definition) is 2. The summed E-state index contributed by atoms with van der Waals surface area (Å²) in [6, 6.07) is 0. The van der Waals surface area contributed by atoms with Crippen molar-refractivity contribution in [2.75, 3.05) is 13.2 Å². The molecule has 0 saturated heterocycles. The molecule has 0 heterocycles. The van der Waals surface area contributed by atoms with Gasteiger partial charge in [0.05, 0.1) is 12.2 Å². The van der Waals surface area contributed by atoms with E-state index in [1.165, 1.54) is 6.42 Å². The van der Waals surface area contributed by atoms with E-state index in [4.69, 9.17) is 4.74 Å². The molecule has 0 bridgehead atoms. The average molecular weight is 240 g/mol. The van der Waals surface area contributed by atoms with Crippen molar-refractivity contribution >= 4 is 0 Å². The molecule has 0 unspecified atom stereocenters. The third-order valence-electron chi connectivity index (χ3n) is 3.75. The first-order chi connectivity index (χ1) is 7.97. The number of rotatable bonds is 6. The molecule has 1 rings (SSSR count). The predicted molar refractivity (Wildman–Crippen MR) is 72.1 cm³/mol. The van der Waals surface area contributed by atoms with Crippen LogP contribution in [-0.2, 0) is 4.74 Å². The van der Waals surface area contributed by atoms with Crippen LogP contribution in [0.4, 0.5) is 0 Å². The summed E-state index contributed by atoms with van der Waals surface area (Å²) >= 11 is 0. The lowest BCUT2D eigenvalue weighted by molar-refractivity contribution is 0.0142. The minimum absolute atomic E-state index is 0.400. The quantitative estimate of drug-likeness (QED) is 0.567. The van der Waals surface area contributed by atoms with Crippen molar-refractivity contribution in [2.45, 2.75) is 64.9 Å². The second-order valence-electron chi connectivity index (χ2n) is 6.10. The van der Waals surface area contributed by atoms with Gasteiger partial charge in [0, 0.05) is 6.61 Å². The Morgan fingerprint density at radius 1 is 1.18 bits per heavy atom. The molecule has 0 atom stereocenters. The molecule has 100 valence electrons. The van der Waals surface area contributed by atoms with Crippen LogP contribution >= 0.6 is 0 Å². The van der Waals surface area contributed by atoms with Gasteiger partial charge in [-0.3, -0.25) is 0 Å². The van der Waals surface area contributed by atoms with E-state index in [0.29, 0.717) is 12.0 Å². The van der Waals surface area contributed by atoms with Crippen molar-refractivity contribution in [3.05, 3.63) is 12.2 Å². The summed E-state index contributed by atoms with van der Waals surface area (Å²) in [5, 5.41) is 10.4. The fourth-order valence-corrected chi connectivity index (χ4v) is 2.19. The van der Waals surface area contributed by atoms with Gasteiger partial charge in [0.1, 0.15) is 0 Å². The van der Waals surface area contributed by atoms with Crippen LogP contribution in [-0.4, -0.2) is 23.9 Å². The summed E-state index contributed by atoms with van der Waals surface area (Å²) < 4.78 is 5.45. The van der Waals surface area contributed by atoms with Gasteiger partial charge in [-0.05, 0) is 37.5 Å². The molecule has 0 aromatic heterocycles. The summed E-state index contributed by atoms with van der Waals surface area (Å²) in [6.45, 7) is 8.18. The number of ether oxygens (including phenoxy) is 1. The smallest absolute Gasteiger partial charge is 0.0828 e. The van der Waals surface area contributed by atoms with Crippen LogP contribution in [0.5, 0.6) is 0 Å². The first-order valence-electron chi connectivity index (χ1n) is 6.95. The Labute approximate surface area is 106 Å².